The Morgan fingerprint density at radius 3 is 1.47 bits per heavy atom. The zero-order valence-electron chi connectivity index (χ0n) is 27.0. The average molecular weight is 763 g/mol. The predicted molar refractivity (Wildman–Crippen MR) is 198 cm³/mol. The van der Waals surface area contributed by atoms with E-state index in [1.54, 1.807) is 6.07 Å². The molecule has 5 atom stereocenters. The van der Waals surface area contributed by atoms with E-state index in [4.69, 9.17) is 46.9 Å². The molecular weight excluding hydrogens is 723 g/mol. The van der Waals surface area contributed by atoms with Crippen molar-refractivity contribution >= 4 is 39.1 Å². The number of halogens is 3. The first-order chi connectivity index (χ1) is 24.1. The van der Waals surface area contributed by atoms with Gasteiger partial charge >= 0.3 is 0 Å². The molecule has 1 aliphatic heterocycles. The third-order valence-electron chi connectivity index (χ3n) is 8.50. The standard InChI is InChI=1S/C41H39BrCl2O5/c42-23-33-21-34(36(44)22-35(33)43)38-40(47-26-31-17-9-3-10-18-31)41(48-27-32-19-11-4-12-20-32)39(46-25-30-15-7-2-8-16-30)37(49-38)28-45-24-29-13-5-1-6-14-29/h1-22,37-41H,23-28H2/t37-,38?,39-,40+,41+/m1/s1. The van der Waals surface area contributed by atoms with Crippen LogP contribution in [-0.4, -0.2) is 31.0 Å². The molecule has 1 saturated heterocycles. The van der Waals surface area contributed by atoms with Crippen molar-refractivity contribution in [3.05, 3.63) is 177 Å². The Hall–Kier alpha value is -3.04. The van der Waals surface area contributed by atoms with Crippen LogP contribution in [0.4, 0.5) is 0 Å². The van der Waals surface area contributed by atoms with E-state index in [1.165, 1.54) is 0 Å². The molecule has 1 aliphatic rings. The molecule has 0 amide bonds. The van der Waals surface area contributed by atoms with Crippen LogP contribution >= 0.6 is 39.1 Å². The van der Waals surface area contributed by atoms with Crippen molar-refractivity contribution in [3.63, 3.8) is 0 Å². The summed E-state index contributed by atoms with van der Waals surface area (Å²) in [4.78, 5) is 0. The van der Waals surface area contributed by atoms with Gasteiger partial charge in [-0.1, -0.05) is 160 Å². The molecule has 1 heterocycles. The fourth-order valence-corrected chi connectivity index (χ4v) is 7.16. The number of hydrogen-bond acceptors (Lipinski definition) is 5. The van der Waals surface area contributed by atoms with Crippen molar-refractivity contribution in [2.75, 3.05) is 6.61 Å². The summed E-state index contributed by atoms with van der Waals surface area (Å²) in [5.41, 5.74) is 5.84. The van der Waals surface area contributed by atoms with Crippen LogP contribution in [-0.2, 0) is 55.4 Å². The smallest absolute Gasteiger partial charge is 0.117 e. The molecule has 254 valence electrons. The van der Waals surface area contributed by atoms with E-state index in [0.717, 1.165) is 33.4 Å². The highest BCUT2D eigenvalue weighted by Gasteiger charge is 2.49. The summed E-state index contributed by atoms with van der Waals surface area (Å²) < 4.78 is 33.8. The first kappa shape index (κ1) is 35.8. The molecule has 8 heteroatoms. The monoisotopic (exact) mass is 760 g/mol. The molecule has 5 nitrogen and oxygen atoms in total. The number of ether oxygens (including phenoxy) is 5. The fraction of sp³-hybridized carbons (Fsp3) is 0.268. The van der Waals surface area contributed by atoms with Gasteiger partial charge in [0.15, 0.2) is 0 Å². The van der Waals surface area contributed by atoms with Crippen LogP contribution < -0.4 is 0 Å². The Bertz CT molecular complexity index is 1710. The first-order valence-corrected chi connectivity index (χ1v) is 18.2. The van der Waals surface area contributed by atoms with Gasteiger partial charge < -0.3 is 23.7 Å². The molecule has 0 spiro atoms. The highest BCUT2D eigenvalue weighted by molar-refractivity contribution is 9.08. The summed E-state index contributed by atoms with van der Waals surface area (Å²) >= 11 is 17.1. The third-order valence-corrected chi connectivity index (χ3v) is 9.78. The molecule has 5 aromatic carbocycles. The van der Waals surface area contributed by atoms with Gasteiger partial charge in [0, 0.05) is 20.9 Å². The number of alkyl halides is 1. The molecular formula is C41H39BrCl2O5. The maximum absolute atomic E-state index is 7.02. The van der Waals surface area contributed by atoms with Gasteiger partial charge in [0.05, 0.1) is 33.0 Å². The number of hydrogen-bond donors (Lipinski definition) is 0. The summed E-state index contributed by atoms with van der Waals surface area (Å²) in [7, 11) is 0. The largest absolute Gasteiger partial charge is 0.374 e. The third kappa shape index (κ3) is 9.81. The minimum atomic E-state index is -0.617. The predicted octanol–water partition coefficient (Wildman–Crippen LogP) is 10.3. The van der Waals surface area contributed by atoms with E-state index in [9.17, 15) is 0 Å². The lowest BCUT2D eigenvalue weighted by Gasteiger charge is -2.46. The van der Waals surface area contributed by atoms with Gasteiger partial charge in [-0.3, -0.25) is 0 Å². The molecule has 0 aliphatic carbocycles. The van der Waals surface area contributed by atoms with Gasteiger partial charge in [0.1, 0.15) is 30.5 Å². The lowest BCUT2D eigenvalue weighted by molar-refractivity contribution is -0.275. The van der Waals surface area contributed by atoms with E-state index in [1.807, 2.05) is 115 Å². The number of rotatable bonds is 15. The molecule has 0 saturated carbocycles. The van der Waals surface area contributed by atoms with Gasteiger partial charge in [-0.05, 0) is 39.9 Å². The molecule has 0 bridgehead atoms. The summed E-state index contributed by atoms with van der Waals surface area (Å²) in [6.07, 6.45) is -2.84. The molecule has 5 aromatic rings. The highest BCUT2D eigenvalue weighted by atomic mass is 79.9. The van der Waals surface area contributed by atoms with Crippen LogP contribution in [0.15, 0.2) is 133 Å². The second kappa shape index (κ2) is 18.3. The van der Waals surface area contributed by atoms with Crippen LogP contribution in [0.3, 0.4) is 0 Å². The van der Waals surface area contributed by atoms with E-state index < -0.39 is 30.5 Å². The van der Waals surface area contributed by atoms with Gasteiger partial charge in [-0.25, -0.2) is 0 Å². The Kier molecular flexibility index (Phi) is 13.3. The Morgan fingerprint density at radius 1 is 0.531 bits per heavy atom. The topological polar surface area (TPSA) is 46.2 Å². The Balaban J connectivity index is 1.39. The molecule has 0 aromatic heterocycles. The quantitative estimate of drug-likeness (QED) is 0.0995. The second-order valence-corrected chi connectivity index (χ2v) is 13.4. The van der Waals surface area contributed by atoms with Crippen molar-refractivity contribution in [3.8, 4) is 0 Å². The lowest BCUT2D eigenvalue weighted by Crippen LogP contribution is -2.58. The summed E-state index contributed by atoms with van der Waals surface area (Å²) in [6.45, 7) is 1.75. The molecule has 49 heavy (non-hydrogen) atoms. The van der Waals surface area contributed by atoms with Crippen LogP contribution in [0.2, 0.25) is 10.0 Å². The molecule has 0 radical (unpaired) electrons. The maximum atomic E-state index is 7.02. The van der Waals surface area contributed by atoms with Crippen molar-refractivity contribution < 1.29 is 23.7 Å². The van der Waals surface area contributed by atoms with E-state index in [2.05, 4.69) is 28.1 Å². The average Bonchev–Trinajstić information content (AvgIpc) is 3.14. The SMILES string of the molecule is Clc1cc(Cl)c(C2O[C@H](COCc3ccccc3)[C@@H](OCc3ccccc3)[C@H](OCc3ccccc3)[C@H]2OCc2ccccc2)cc1CBr. The van der Waals surface area contributed by atoms with Gasteiger partial charge in [0.2, 0.25) is 0 Å². The normalized spacial score (nSPS) is 20.7. The van der Waals surface area contributed by atoms with Gasteiger partial charge in [-0.2, -0.15) is 0 Å². The van der Waals surface area contributed by atoms with E-state index in [0.29, 0.717) is 41.8 Å². The molecule has 6 rings (SSSR count). The second-order valence-electron chi connectivity index (χ2n) is 12.0. The highest BCUT2D eigenvalue weighted by Crippen LogP contribution is 2.42. The zero-order valence-corrected chi connectivity index (χ0v) is 30.1. The van der Waals surface area contributed by atoms with Crippen LogP contribution in [0, 0.1) is 0 Å². The first-order valence-electron chi connectivity index (χ1n) is 16.4. The van der Waals surface area contributed by atoms with Crippen LogP contribution in [0.1, 0.15) is 39.5 Å². The Morgan fingerprint density at radius 2 is 0.980 bits per heavy atom. The van der Waals surface area contributed by atoms with Gasteiger partial charge in [-0.15, -0.1) is 0 Å². The minimum absolute atomic E-state index is 0.262. The van der Waals surface area contributed by atoms with Gasteiger partial charge in [0.25, 0.3) is 0 Å². The fourth-order valence-electron chi connectivity index (χ4n) is 5.97. The van der Waals surface area contributed by atoms with Crippen molar-refractivity contribution in [2.24, 2.45) is 0 Å². The lowest BCUT2D eigenvalue weighted by atomic mass is 9.89. The molecule has 1 unspecified atom stereocenters. The minimum Gasteiger partial charge on any atom is -0.374 e. The number of benzene rings is 5. The van der Waals surface area contributed by atoms with Crippen LogP contribution in [0.25, 0.3) is 0 Å². The molecule has 1 fully saturated rings. The van der Waals surface area contributed by atoms with Crippen LogP contribution in [0.5, 0.6) is 0 Å². The van der Waals surface area contributed by atoms with Crippen molar-refractivity contribution in [2.45, 2.75) is 62.3 Å². The maximum Gasteiger partial charge on any atom is 0.117 e. The summed E-state index contributed by atoms with van der Waals surface area (Å²) in [5.74, 6) is 0. The van der Waals surface area contributed by atoms with Crippen molar-refractivity contribution in [1.82, 2.24) is 0 Å². The molecule has 0 N–H and O–H groups in total. The Labute approximate surface area is 307 Å². The van der Waals surface area contributed by atoms with Crippen molar-refractivity contribution in [1.29, 1.82) is 0 Å². The van der Waals surface area contributed by atoms with E-state index in [-0.39, 0.29) is 6.61 Å². The summed E-state index contributed by atoms with van der Waals surface area (Å²) in [6, 6.07) is 44.1. The van der Waals surface area contributed by atoms with E-state index >= 15 is 0 Å². The zero-order chi connectivity index (χ0) is 33.8. The summed E-state index contributed by atoms with van der Waals surface area (Å²) in [5, 5.41) is 1.62.